The molecule has 72 valence electrons. The fraction of sp³-hybridized carbons (Fsp3) is 0.333. The Morgan fingerprint density at radius 1 is 1.38 bits per heavy atom. The second kappa shape index (κ2) is 6.67. The Morgan fingerprint density at radius 2 is 2.00 bits per heavy atom. The van der Waals surface area contributed by atoms with Crippen LogP contribution in [0.5, 0.6) is 0 Å². The lowest BCUT2D eigenvalue weighted by atomic mass is 10.2. The van der Waals surface area contributed by atoms with Gasteiger partial charge in [-0.25, -0.2) is 0 Å². The Morgan fingerprint density at radius 3 is 2.46 bits per heavy atom. The summed E-state index contributed by atoms with van der Waals surface area (Å²) in [6.45, 7) is 11.9. The standard InChI is InChI=1S/C10H12S.C2H6/c1-4-6-9-7-8(3)11-10(9)5-2;1-2/h4-7H,2H2,1,3H3;1-2H3/b6-4-;. The summed E-state index contributed by atoms with van der Waals surface area (Å²) < 4.78 is 0. The molecule has 1 heterocycles. The third-order valence-electron chi connectivity index (χ3n) is 1.45. The van der Waals surface area contributed by atoms with Crippen LogP contribution in [-0.2, 0) is 0 Å². The normalized spacial score (nSPS) is 9.54. The molecule has 1 aromatic rings. The van der Waals surface area contributed by atoms with Crippen molar-refractivity contribution in [1.82, 2.24) is 0 Å². The van der Waals surface area contributed by atoms with Gasteiger partial charge >= 0.3 is 0 Å². The third kappa shape index (κ3) is 3.60. The lowest BCUT2D eigenvalue weighted by molar-refractivity contribution is 1.50. The van der Waals surface area contributed by atoms with Gasteiger partial charge in [-0.1, -0.05) is 38.7 Å². The van der Waals surface area contributed by atoms with E-state index in [1.54, 1.807) is 11.3 Å². The molecule has 13 heavy (non-hydrogen) atoms. The van der Waals surface area contributed by atoms with E-state index in [9.17, 15) is 0 Å². The molecule has 0 nitrogen and oxygen atoms in total. The number of hydrogen-bond donors (Lipinski definition) is 0. The van der Waals surface area contributed by atoms with Gasteiger partial charge in [-0.3, -0.25) is 0 Å². The van der Waals surface area contributed by atoms with Crippen LogP contribution in [0.25, 0.3) is 12.2 Å². The van der Waals surface area contributed by atoms with Crippen molar-refractivity contribution in [3.63, 3.8) is 0 Å². The van der Waals surface area contributed by atoms with Crippen LogP contribution in [0.15, 0.2) is 18.7 Å². The molecule has 0 aliphatic heterocycles. The molecule has 0 unspecified atom stereocenters. The highest BCUT2D eigenvalue weighted by Gasteiger charge is 1.98. The molecule has 0 radical (unpaired) electrons. The van der Waals surface area contributed by atoms with Crippen LogP contribution in [0.1, 0.15) is 36.1 Å². The van der Waals surface area contributed by atoms with Crippen molar-refractivity contribution in [3.05, 3.63) is 34.0 Å². The molecule has 0 bridgehead atoms. The van der Waals surface area contributed by atoms with Crippen LogP contribution in [0, 0.1) is 6.92 Å². The minimum absolute atomic E-state index is 1.26. The molecule has 1 heteroatoms. The van der Waals surface area contributed by atoms with Crippen LogP contribution in [0.3, 0.4) is 0 Å². The fourth-order valence-corrected chi connectivity index (χ4v) is 1.88. The molecule has 0 atom stereocenters. The van der Waals surface area contributed by atoms with E-state index in [1.807, 2.05) is 26.8 Å². The summed E-state index contributed by atoms with van der Waals surface area (Å²) in [5.41, 5.74) is 1.28. The molecule has 0 N–H and O–H groups in total. The van der Waals surface area contributed by atoms with Crippen molar-refractivity contribution in [2.24, 2.45) is 0 Å². The van der Waals surface area contributed by atoms with Gasteiger partial charge < -0.3 is 0 Å². The zero-order valence-electron chi connectivity index (χ0n) is 8.92. The molecule has 0 fully saturated rings. The summed E-state index contributed by atoms with van der Waals surface area (Å²) in [6.07, 6.45) is 6.07. The zero-order chi connectivity index (χ0) is 10.3. The second-order valence-corrected chi connectivity index (χ2v) is 3.67. The highest BCUT2D eigenvalue weighted by molar-refractivity contribution is 7.13. The van der Waals surface area contributed by atoms with Crippen molar-refractivity contribution >= 4 is 23.5 Å². The first-order valence-corrected chi connectivity index (χ1v) is 5.45. The molecule has 1 rings (SSSR count). The number of aryl methyl sites for hydroxylation is 1. The first kappa shape index (κ1) is 12.2. The second-order valence-electron chi connectivity index (χ2n) is 2.38. The van der Waals surface area contributed by atoms with Gasteiger partial charge in [0.05, 0.1) is 0 Å². The van der Waals surface area contributed by atoms with Gasteiger partial charge in [0.15, 0.2) is 0 Å². The predicted molar refractivity (Wildman–Crippen MR) is 65.2 cm³/mol. The first-order valence-electron chi connectivity index (χ1n) is 4.63. The molecule has 0 saturated heterocycles. The molecule has 0 aliphatic carbocycles. The lowest BCUT2D eigenvalue weighted by Gasteiger charge is -1.86. The lowest BCUT2D eigenvalue weighted by Crippen LogP contribution is -1.66. The molecule has 0 saturated carbocycles. The highest BCUT2D eigenvalue weighted by atomic mass is 32.1. The maximum Gasteiger partial charge on any atom is 0.0339 e. The van der Waals surface area contributed by atoms with Gasteiger partial charge in [0.1, 0.15) is 0 Å². The van der Waals surface area contributed by atoms with Crippen molar-refractivity contribution < 1.29 is 0 Å². The van der Waals surface area contributed by atoms with E-state index in [1.165, 1.54) is 15.3 Å². The van der Waals surface area contributed by atoms with Crippen molar-refractivity contribution in [3.8, 4) is 0 Å². The first-order chi connectivity index (χ1) is 6.27. The van der Waals surface area contributed by atoms with E-state index in [2.05, 4.69) is 31.7 Å². The number of thiophene rings is 1. The summed E-state index contributed by atoms with van der Waals surface area (Å²) in [6, 6.07) is 2.18. The van der Waals surface area contributed by atoms with E-state index < -0.39 is 0 Å². The maximum atomic E-state index is 3.76. The fourth-order valence-electron chi connectivity index (χ4n) is 1.02. The van der Waals surface area contributed by atoms with Gasteiger partial charge in [0.25, 0.3) is 0 Å². The Hall–Kier alpha value is -0.820. The SMILES string of the molecule is C=Cc1sc(C)cc1/C=C\C.CC. The maximum absolute atomic E-state index is 3.76. The number of allylic oxidation sites excluding steroid dienone is 1. The molecular weight excluding hydrogens is 176 g/mol. The van der Waals surface area contributed by atoms with Crippen LogP contribution in [0.2, 0.25) is 0 Å². The van der Waals surface area contributed by atoms with Gasteiger partial charge in [-0.2, -0.15) is 0 Å². The molecule has 0 aliphatic rings. The smallest absolute Gasteiger partial charge is 0.0339 e. The highest BCUT2D eigenvalue weighted by Crippen LogP contribution is 2.23. The summed E-state index contributed by atoms with van der Waals surface area (Å²) in [7, 11) is 0. The van der Waals surface area contributed by atoms with Crippen molar-refractivity contribution in [2.45, 2.75) is 27.7 Å². The molecule has 0 amide bonds. The topological polar surface area (TPSA) is 0 Å². The van der Waals surface area contributed by atoms with E-state index in [0.717, 1.165) is 0 Å². The van der Waals surface area contributed by atoms with E-state index in [-0.39, 0.29) is 0 Å². The Bertz CT molecular complexity index is 279. The largest absolute Gasteiger partial charge is 0.141 e. The zero-order valence-corrected chi connectivity index (χ0v) is 9.74. The number of hydrogen-bond acceptors (Lipinski definition) is 1. The van der Waals surface area contributed by atoms with Crippen LogP contribution >= 0.6 is 11.3 Å². The Balaban J connectivity index is 0.000000671. The number of rotatable bonds is 2. The van der Waals surface area contributed by atoms with Crippen LogP contribution in [-0.4, -0.2) is 0 Å². The van der Waals surface area contributed by atoms with Crippen LogP contribution in [0.4, 0.5) is 0 Å². The molecule has 1 aromatic heterocycles. The minimum Gasteiger partial charge on any atom is -0.141 e. The van der Waals surface area contributed by atoms with E-state index in [4.69, 9.17) is 0 Å². The molecule has 0 aromatic carbocycles. The Labute approximate surface area is 85.6 Å². The Kier molecular flexibility index (Phi) is 6.25. The summed E-state index contributed by atoms with van der Waals surface area (Å²) >= 11 is 1.78. The van der Waals surface area contributed by atoms with Gasteiger partial charge in [0.2, 0.25) is 0 Å². The summed E-state index contributed by atoms with van der Waals surface area (Å²) in [5.74, 6) is 0. The average molecular weight is 194 g/mol. The van der Waals surface area contributed by atoms with Gasteiger partial charge in [-0.05, 0) is 25.5 Å². The molecule has 0 spiro atoms. The van der Waals surface area contributed by atoms with Crippen LogP contribution < -0.4 is 0 Å². The van der Waals surface area contributed by atoms with Crippen molar-refractivity contribution in [1.29, 1.82) is 0 Å². The third-order valence-corrected chi connectivity index (χ3v) is 2.51. The monoisotopic (exact) mass is 194 g/mol. The van der Waals surface area contributed by atoms with Gasteiger partial charge in [-0.15, -0.1) is 11.3 Å². The van der Waals surface area contributed by atoms with Crippen molar-refractivity contribution in [2.75, 3.05) is 0 Å². The van der Waals surface area contributed by atoms with Gasteiger partial charge in [0, 0.05) is 9.75 Å². The average Bonchev–Trinajstić information content (AvgIpc) is 2.50. The van der Waals surface area contributed by atoms with E-state index >= 15 is 0 Å². The quantitative estimate of drug-likeness (QED) is 0.637. The molecular formula is C12H18S. The summed E-state index contributed by atoms with van der Waals surface area (Å²) in [5, 5.41) is 0. The minimum atomic E-state index is 1.26. The predicted octanol–water partition coefficient (Wildman–Crippen LogP) is 4.76. The van der Waals surface area contributed by atoms with E-state index in [0.29, 0.717) is 0 Å². The summed E-state index contributed by atoms with van der Waals surface area (Å²) in [4.78, 5) is 2.61.